The van der Waals surface area contributed by atoms with Gasteiger partial charge < -0.3 is 16.4 Å². The van der Waals surface area contributed by atoms with E-state index in [1.807, 2.05) is 31.2 Å². The highest BCUT2D eigenvalue weighted by Gasteiger charge is 2.11. The highest BCUT2D eigenvalue weighted by molar-refractivity contribution is 5.94. The van der Waals surface area contributed by atoms with Gasteiger partial charge in [0.1, 0.15) is 0 Å². The molecule has 1 aromatic carbocycles. The Kier molecular flexibility index (Phi) is 4.42. The number of aryl methyl sites for hydroxylation is 1. The molecular weight excluding hydrogens is 264 g/mol. The van der Waals surface area contributed by atoms with Crippen molar-refractivity contribution < 1.29 is 4.79 Å². The minimum atomic E-state index is -0.475. The van der Waals surface area contributed by atoms with E-state index in [2.05, 4.69) is 16.8 Å². The molecule has 0 saturated carbocycles. The number of aromatic nitrogens is 1. The number of rotatable bonds is 5. The first kappa shape index (κ1) is 14.8. The van der Waals surface area contributed by atoms with Gasteiger partial charge in [-0.2, -0.15) is 0 Å². The lowest BCUT2D eigenvalue weighted by atomic mass is 10.1. The average Bonchev–Trinajstić information content (AvgIpc) is 2.45. The summed E-state index contributed by atoms with van der Waals surface area (Å²) in [7, 11) is 0. The van der Waals surface area contributed by atoms with E-state index < -0.39 is 5.91 Å². The van der Waals surface area contributed by atoms with Crippen molar-refractivity contribution >= 4 is 17.3 Å². The number of nitrogens with two attached hydrogens (primary N) is 2. The van der Waals surface area contributed by atoms with Crippen molar-refractivity contribution in [3.05, 3.63) is 53.3 Å². The summed E-state index contributed by atoms with van der Waals surface area (Å²) in [6.07, 6.45) is 0. The second-order valence-corrected chi connectivity index (χ2v) is 4.92. The molecule has 0 atom stereocenters. The van der Waals surface area contributed by atoms with Crippen LogP contribution < -0.4 is 16.4 Å². The SMILES string of the molecule is CCN(Cc1cccc(C)n1)c1ccc(C(N)=O)cc1N. The van der Waals surface area contributed by atoms with E-state index in [0.29, 0.717) is 17.8 Å². The lowest BCUT2D eigenvalue weighted by Crippen LogP contribution is -2.24. The number of hydrogen-bond acceptors (Lipinski definition) is 4. The highest BCUT2D eigenvalue weighted by Crippen LogP contribution is 2.25. The molecule has 5 nitrogen and oxygen atoms in total. The van der Waals surface area contributed by atoms with Crippen molar-refractivity contribution in [2.75, 3.05) is 17.2 Å². The topological polar surface area (TPSA) is 85.2 Å². The molecule has 0 aliphatic rings. The van der Waals surface area contributed by atoms with Crippen molar-refractivity contribution in [1.29, 1.82) is 0 Å². The third kappa shape index (κ3) is 3.51. The molecule has 0 spiro atoms. The van der Waals surface area contributed by atoms with Gasteiger partial charge in [-0.1, -0.05) is 6.07 Å². The minimum absolute atomic E-state index is 0.418. The maximum atomic E-state index is 11.2. The molecule has 0 aliphatic carbocycles. The summed E-state index contributed by atoms with van der Waals surface area (Å²) < 4.78 is 0. The van der Waals surface area contributed by atoms with Gasteiger partial charge in [-0.15, -0.1) is 0 Å². The van der Waals surface area contributed by atoms with Crippen LogP contribution in [0.2, 0.25) is 0 Å². The van der Waals surface area contributed by atoms with E-state index in [-0.39, 0.29) is 0 Å². The number of anilines is 2. The van der Waals surface area contributed by atoms with Crippen molar-refractivity contribution in [2.45, 2.75) is 20.4 Å². The summed E-state index contributed by atoms with van der Waals surface area (Å²) in [4.78, 5) is 17.8. The summed E-state index contributed by atoms with van der Waals surface area (Å²) in [6, 6.07) is 11.1. The number of nitrogen functional groups attached to an aromatic ring is 1. The molecule has 2 aromatic rings. The lowest BCUT2D eigenvalue weighted by molar-refractivity contribution is 0.100. The van der Waals surface area contributed by atoms with Crippen LogP contribution in [0.5, 0.6) is 0 Å². The van der Waals surface area contributed by atoms with Gasteiger partial charge in [-0.05, 0) is 44.2 Å². The van der Waals surface area contributed by atoms with Crippen LogP contribution in [0.1, 0.15) is 28.7 Å². The van der Waals surface area contributed by atoms with Crippen molar-refractivity contribution in [3.8, 4) is 0 Å². The Bertz CT molecular complexity index is 654. The Morgan fingerprint density at radius 1 is 1.29 bits per heavy atom. The van der Waals surface area contributed by atoms with Gasteiger partial charge in [0.15, 0.2) is 0 Å². The number of pyridine rings is 1. The Labute approximate surface area is 124 Å². The molecule has 0 saturated heterocycles. The summed E-state index contributed by atoms with van der Waals surface area (Å²) in [5.74, 6) is -0.475. The van der Waals surface area contributed by atoms with Crippen molar-refractivity contribution in [3.63, 3.8) is 0 Å². The molecule has 1 heterocycles. The number of hydrogen-bond donors (Lipinski definition) is 2. The minimum Gasteiger partial charge on any atom is -0.397 e. The summed E-state index contributed by atoms with van der Waals surface area (Å²) in [6.45, 7) is 5.47. The van der Waals surface area contributed by atoms with E-state index in [4.69, 9.17) is 11.5 Å². The van der Waals surface area contributed by atoms with Crippen LogP contribution in [0.4, 0.5) is 11.4 Å². The van der Waals surface area contributed by atoms with E-state index in [9.17, 15) is 4.79 Å². The third-order valence-electron chi connectivity index (χ3n) is 3.33. The van der Waals surface area contributed by atoms with Crippen LogP contribution in [0.25, 0.3) is 0 Å². The number of amides is 1. The first-order valence-electron chi connectivity index (χ1n) is 6.88. The fourth-order valence-corrected chi connectivity index (χ4v) is 2.25. The van der Waals surface area contributed by atoms with E-state index >= 15 is 0 Å². The van der Waals surface area contributed by atoms with Gasteiger partial charge in [0.2, 0.25) is 5.91 Å². The Morgan fingerprint density at radius 3 is 2.62 bits per heavy atom. The molecular formula is C16H20N4O. The van der Waals surface area contributed by atoms with Gasteiger partial charge in [0.25, 0.3) is 0 Å². The predicted molar refractivity (Wildman–Crippen MR) is 85.1 cm³/mol. The normalized spacial score (nSPS) is 10.4. The quantitative estimate of drug-likeness (QED) is 0.823. The molecule has 21 heavy (non-hydrogen) atoms. The molecule has 110 valence electrons. The maximum absolute atomic E-state index is 11.2. The molecule has 0 radical (unpaired) electrons. The van der Waals surface area contributed by atoms with Gasteiger partial charge in [0.05, 0.1) is 23.6 Å². The zero-order valence-corrected chi connectivity index (χ0v) is 12.3. The molecule has 0 bridgehead atoms. The second kappa shape index (κ2) is 6.26. The molecule has 4 N–H and O–H groups in total. The van der Waals surface area contributed by atoms with Crippen LogP contribution in [-0.2, 0) is 6.54 Å². The van der Waals surface area contributed by atoms with Gasteiger partial charge in [-0.25, -0.2) is 0 Å². The zero-order chi connectivity index (χ0) is 15.4. The smallest absolute Gasteiger partial charge is 0.248 e. The number of carbonyl (C=O) groups excluding carboxylic acids is 1. The number of carbonyl (C=O) groups is 1. The molecule has 0 fully saturated rings. The Hall–Kier alpha value is -2.56. The van der Waals surface area contributed by atoms with Gasteiger partial charge >= 0.3 is 0 Å². The summed E-state index contributed by atoms with van der Waals surface area (Å²) >= 11 is 0. The second-order valence-electron chi connectivity index (χ2n) is 4.92. The van der Waals surface area contributed by atoms with Crippen LogP contribution in [0, 0.1) is 6.92 Å². The fourth-order valence-electron chi connectivity index (χ4n) is 2.25. The van der Waals surface area contributed by atoms with Crippen LogP contribution in [0.3, 0.4) is 0 Å². The first-order chi connectivity index (χ1) is 10.0. The van der Waals surface area contributed by atoms with E-state index in [1.54, 1.807) is 12.1 Å². The molecule has 0 aliphatic heterocycles. The standard InChI is InChI=1S/C16H20N4O/c1-3-20(10-13-6-4-5-11(2)19-13)15-8-7-12(16(18)21)9-14(15)17/h4-9H,3,10,17H2,1-2H3,(H2,18,21). The Morgan fingerprint density at radius 2 is 2.05 bits per heavy atom. The predicted octanol–water partition coefficient (Wildman–Crippen LogP) is 2.10. The molecule has 2 rings (SSSR count). The largest absolute Gasteiger partial charge is 0.397 e. The van der Waals surface area contributed by atoms with Crippen LogP contribution in [-0.4, -0.2) is 17.4 Å². The van der Waals surface area contributed by atoms with E-state index in [0.717, 1.165) is 23.6 Å². The highest BCUT2D eigenvalue weighted by atomic mass is 16.1. The van der Waals surface area contributed by atoms with Crippen LogP contribution in [0.15, 0.2) is 36.4 Å². The third-order valence-corrected chi connectivity index (χ3v) is 3.33. The number of nitrogens with zero attached hydrogens (tertiary/aromatic N) is 2. The molecule has 1 amide bonds. The van der Waals surface area contributed by atoms with Crippen molar-refractivity contribution in [2.24, 2.45) is 5.73 Å². The summed E-state index contributed by atoms with van der Waals surface area (Å²) in [5.41, 5.74) is 15.1. The van der Waals surface area contributed by atoms with Crippen molar-refractivity contribution in [1.82, 2.24) is 4.98 Å². The molecule has 1 aromatic heterocycles. The number of primary amides is 1. The average molecular weight is 284 g/mol. The fraction of sp³-hybridized carbons (Fsp3) is 0.250. The summed E-state index contributed by atoms with van der Waals surface area (Å²) in [5, 5.41) is 0. The zero-order valence-electron chi connectivity index (χ0n) is 12.3. The monoisotopic (exact) mass is 284 g/mol. The van der Waals surface area contributed by atoms with Crippen LogP contribution >= 0.6 is 0 Å². The Balaban J connectivity index is 2.27. The van der Waals surface area contributed by atoms with Gasteiger partial charge in [0, 0.05) is 17.8 Å². The lowest BCUT2D eigenvalue weighted by Gasteiger charge is -2.24. The molecule has 5 heteroatoms. The van der Waals surface area contributed by atoms with E-state index in [1.165, 1.54) is 0 Å². The first-order valence-corrected chi connectivity index (χ1v) is 6.88. The number of benzene rings is 1. The van der Waals surface area contributed by atoms with Gasteiger partial charge in [-0.3, -0.25) is 9.78 Å². The molecule has 0 unspecified atom stereocenters. The maximum Gasteiger partial charge on any atom is 0.248 e.